The summed E-state index contributed by atoms with van der Waals surface area (Å²) in [7, 11) is 0. The van der Waals surface area contributed by atoms with Crippen molar-refractivity contribution >= 4 is 5.97 Å². The molecule has 4 N–H and O–H groups in total. The van der Waals surface area contributed by atoms with Crippen LogP contribution in [-0.4, -0.2) is 30.8 Å². The zero-order valence-corrected chi connectivity index (χ0v) is 17.8. The Hall–Kier alpha value is -2.24. The number of hydrogen-bond acceptors (Lipinski definition) is 4. The summed E-state index contributed by atoms with van der Waals surface area (Å²) in [6.07, 6.45) is 0.781. The van der Waals surface area contributed by atoms with Gasteiger partial charge in [-0.25, -0.2) is 4.79 Å². The van der Waals surface area contributed by atoms with Crippen LogP contribution in [0.15, 0.2) is 30.3 Å². The fraction of sp³-hybridized carbons (Fsp3) is 0.409. The summed E-state index contributed by atoms with van der Waals surface area (Å²) in [5.41, 5.74) is 9.19. The van der Waals surface area contributed by atoms with E-state index in [1.54, 1.807) is 6.07 Å². The summed E-state index contributed by atoms with van der Waals surface area (Å²) in [6, 6.07) is 9.69. The van der Waals surface area contributed by atoms with Gasteiger partial charge in [0, 0.05) is 0 Å². The van der Waals surface area contributed by atoms with Crippen molar-refractivity contribution < 1.29 is 37.5 Å². The lowest BCUT2D eigenvalue weighted by molar-refractivity contribution is -0.372. The van der Waals surface area contributed by atoms with Crippen molar-refractivity contribution in [1.29, 1.82) is 0 Å². The van der Waals surface area contributed by atoms with Crippen LogP contribution in [0.2, 0.25) is 0 Å². The number of hydrogen-bond donors (Lipinski definition) is 2. The second-order valence-electron chi connectivity index (χ2n) is 7.12. The topological polar surface area (TPSA) is 83.4 Å². The molecular weight excluding hydrogens is 378 g/mol. The first-order valence-electron chi connectivity index (χ1n) is 9.31. The predicted octanol–water partition coefficient (Wildman–Crippen LogP) is -0.109. The summed E-state index contributed by atoms with van der Waals surface area (Å²) >= 11 is 0. The van der Waals surface area contributed by atoms with Crippen molar-refractivity contribution in [2.75, 3.05) is 19.8 Å². The molecule has 0 saturated heterocycles. The van der Waals surface area contributed by atoms with Gasteiger partial charge in [0.15, 0.2) is 6.61 Å². The molecule has 0 amide bonds. The molecule has 0 heterocycles. The average Bonchev–Trinajstić information content (AvgIpc) is 2.62. The van der Waals surface area contributed by atoms with Gasteiger partial charge in [-0.05, 0) is 72.2 Å². The second kappa shape index (κ2) is 10.9. The van der Waals surface area contributed by atoms with Gasteiger partial charge in [-0.1, -0.05) is 26.0 Å². The number of phenolic OH excluding ortho intramolecular Hbond substituents is 1. The van der Waals surface area contributed by atoms with Gasteiger partial charge in [0.1, 0.15) is 24.7 Å². The Kier molecular flexibility index (Phi) is 9.29. The zero-order chi connectivity index (χ0) is 20.0. The number of halogens is 1. The maximum atomic E-state index is 11.6. The van der Waals surface area contributed by atoms with Gasteiger partial charge in [0.2, 0.25) is 0 Å². The fourth-order valence-corrected chi connectivity index (χ4v) is 3.07. The number of aromatic hydroxyl groups is 1. The molecule has 0 unspecified atom stereocenters. The molecule has 2 aromatic rings. The lowest BCUT2D eigenvalue weighted by Gasteiger charge is -2.15. The minimum absolute atomic E-state index is 0. The molecule has 0 fully saturated rings. The number of carbonyl (C=O) groups excluding carboxylic acids is 1. The molecule has 0 radical (unpaired) electrons. The van der Waals surface area contributed by atoms with Gasteiger partial charge in [-0.15, -0.1) is 0 Å². The standard InChI is InChI=1S/C22H29NO4.ClH/c1-14(2)19-11-17(5-6-21(19)24)12-20-15(3)9-18(10-16(20)4)27-13-22(25)26-8-7-23;/h5-6,9-11,14,24H,7-8,12-13,23H2,1-4H3;1H. The van der Waals surface area contributed by atoms with Crippen LogP contribution in [0.4, 0.5) is 0 Å². The van der Waals surface area contributed by atoms with Crippen LogP contribution in [0.5, 0.6) is 11.5 Å². The Morgan fingerprint density at radius 3 is 2.36 bits per heavy atom. The fourth-order valence-electron chi connectivity index (χ4n) is 3.07. The first kappa shape index (κ1) is 23.8. The molecule has 6 heteroatoms. The second-order valence-corrected chi connectivity index (χ2v) is 7.12. The van der Waals surface area contributed by atoms with Gasteiger partial charge in [0.25, 0.3) is 0 Å². The smallest absolute Gasteiger partial charge is 0.344 e. The Labute approximate surface area is 173 Å². The maximum absolute atomic E-state index is 11.6. The Balaban J connectivity index is 0.00000392. The minimum atomic E-state index is -0.386. The normalized spacial score (nSPS) is 10.5. The van der Waals surface area contributed by atoms with E-state index in [2.05, 4.69) is 25.6 Å². The summed E-state index contributed by atoms with van der Waals surface area (Å²) in [4.78, 5) is 11.6. The number of phenols is 1. The quantitative estimate of drug-likeness (QED) is 0.598. The highest BCUT2D eigenvalue weighted by Gasteiger charge is 2.12. The number of ether oxygens (including phenoxy) is 2. The van der Waals surface area contributed by atoms with Crippen molar-refractivity contribution in [2.24, 2.45) is 0 Å². The number of benzene rings is 2. The van der Waals surface area contributed by atoms with Crippen LogP contribution >= 0.6 is 0 Å². The molecule has 0 aliphatic heterocycles. The predicted molar refractivity (Wildman–Crippen MR) is 105 cm³/mol. The average molecular weight is 408 g/mol. The van der Waals surface area contributed by atoms with Crippen LogP contribution in [-0.2, 0) is 16.0 Å². The van der Waals surface area contributed by atoms with Crippen LogP contribution in [0.3, 0.4) is 0 Å². The lowest BCUT2D eigenvalue weighted by Crippen LogP contribution is -3.00. The summed E-state index contributed by atoms with van der Waals surface area (Å²) in [6.45, 7) is 8.99. The molecule has 0 aromatic heterocycles. The molecule has 28 heavy (non-hydrogen) atoms. The lowest BCUT2D eigenvalue weighted by atomic mass is 9.93. The van der Waals surface area contributed by atoms with E-state index in [0.29, 0.717) is 24.7 Å². The molecule has 2 rings (SSSR count). The molecule has 0 aliphatic carbocycles. The van der Waals surface area contributed by atoms with E-state index < -0.39 is 0 Å². The highest BCUT2D eigenvalue weighted by Crippen LogP contribution is 2.29. The van der Waals surface area contributed by atoms with Gasteiger partial charge >= 0.3 is 5.97 Å². The number of aryl methyl sites for hydroxylation is 2. The van der Waals surface area contributed by atoms with Gasteiger partial charge < -0.3 is 32.7 Å². The molecule has 0 aliphatic rings. The monoisotopic (exact) mass is 407 g/mol. The maximum Gasteiger partial charge on any atom is 0.344 e. The third-order valence-electron chi connectivity index (χ3n) is 4.53. The Bertz CT molecular complexity index is 782. The first-order valence-corrected chi connectivity index (χ1v) is 9.31. The van der Waals surface area contributed by atoms with E-state index in [9.17, 15) is 9.90 Å². The number of quaternary nitrogens is 1. The van der Waals surface area contributed by atoms with E-state index >= 15 is 0 Å². The highest BCUT2D eigenvalue weighted by molar-refractivity contribution is 5.71. The number of esters is 1. The van der Waals surface area contributed by atoms with E-state index in [0.717, 1.165) is 28.7 Å². The molecule has 0 saturated carbocycles. The van der Waals surface area contributed by atoms with Gasteiger partial charge in [-0.3, -0.25) is 0 Å². The summed E-state index contributed by atoms with van der Waals surface area (Å²) < 4.78 is 10.5. The minimum Gasteiger partial charge on any atom is -1.00 e. The highest BCUT2D eigenvalue weighted by atomic mass is 35.5. The molecular formula is C22H30ClNO4. The first-order chi connectivity index (χ1) is 12.8. The third-order valence-corrected chi connectivity index (χ3v) is 4.53. The van der Waals surface area contributed by atoms with E-state index in [1.807, 2.05) is 32.0 Å². The molecule has 5 nitrogen and oxygen atoms in total. The van der Waals surface area contributed by atoms with Crippen LogP contribution in [0, 0.1) is 13.8 Å². The van der Waals surface area contributed by atoms with E-state index in [1.165, 1.54) is 5.56 Å². The van der Waals surface area contributed by atoms with Crippen LogP contribution < -0.4 is 22.9 Å². The van der Waals surface area contributed by atoms with Crippen LogP contribution in [0.25, 0.3) is 0 Å². The van der Waals surface area contributed by atoms with Crippen molar-refractivity contribution in [2.45, 2.75) is 40.0 Å². The summed E-state index contributed by atoms with van der Waals surface area (Å²) in [5.74, 6) is 0.889. The molecule has 0 bridgehead atoms. The van der Waals surface area contributed by atoms with Crippen molar-refractivity contribution in [3.63, 3.8) is 0 Å². The SMILES string of the molecule is Cc1cc(OCC(=O)OCC[NH3+])cc(C)c1Cc1ccc(O)c(C(C)C)c1.[Cl-]. The van der Waals surface area contributed by atoms with Gasteiger partial charge in [0.05, 0.1) is 0 Å². The Morgan fingerprint density at radius 1 is 1.14 bits per heavy atom. The van der Waals surface area contributed by atoms with Crippen LogP contribution in [0.1, 0.15) is 47.6 Å². The van der Waals surface area contributed by atoms with E-state index in [4.69, 9.17) is 9.47 Å². The molecule has 2 aromatic carbocycles. The zero-order valence-electron chi connectivity index (χ0n) is 17.0. The Morgan fingerprint density at radius 2 is 1.79 bits per heavy atom. The summed E-state index contributed by atoms with van der Waals surface area (Å²) in [5, 5.41) is 10.0. The van der Waals surface area contributed by atoms with Gasteiger partial charge in [-0.2, -0.15) is 0 Å². The molecule has 154 valence electrons. The number of carbonyl (C=O) groups is 1. The van der Waals surface area contributed by atoms with E-state index in [-0.39, 0.29) is 30.9 Å². The van der Waals surface area contributed by atoms with Crippen molar-refractivity contribution in [1.82, 2.24) is 0 Å². The largest absolute Gasteiger partial charge is 1.00 e. The third kappa shape index (κ3) is 6.43. The number of rotatable bonds is 8. The molecule has 0 spiro atoms. The van der Waals surface area contributed by atoms with Crippen molar-refractivity contribution in [3.05, 3.63) is 58.1 Å². The molecule has 0 atom stereocenters. The van der Waals surface area contributed by atoms with Crippen molar-refractivity contribution in [3.8, 4) is 11.5 Å².